The van der Waals surface area contributed by atoms with Gasteiger partial charge in [-0.15, -0.1) is 0 Å². The molecule has 0 aliphatic carbocycles. The summed E-state index contributed by atoms with van der Waals surface area (Å²) < 4.78 is 11.5. The van der Waals surface area contributed by atoms with Gasteiger partial charge in [0, 0.05) is 16.1 Å². The van der Waals surface area contributed by atoms with E-state index in [1.165, 1.54) is 25.5 Å². The van der Waals surface area contributed by atoms with Crippen molar-refractivity contribution in [1.82, 2.24) is 5.43 Å². The smallest absolute Gasteiger partial charge is 0.288 e. The van der Waals surface area contributed by atoms with Crippen LogP contribution in [0.3, 0.4) is 0 Å². The van der Waals surface area contributed by atoms with Crippen LogP contribution in [0.4, 0.5) is 5.69 Å². The van der Waals surface area contributed by atoms with Crippen molar-refractivity contribution in [2.75, 3.05) is 7.11 Å². The van der Waals surface area contributed by atoms with E-state index in [0.29, 0.717) is 28.4 Å². The Morgan fingerprint density at radius 1 is 1.28 bits per heavy atom. The molecule has 0 saturated heterocycles. The number of furan rings is 1. The Kier molecular flexibility index (Phi) is 6.30. The maximum absolute atomic E-state index is 12.3. The largest absolute Gasteiger partial charge is 0.496 e. The van der Waals surface area contributed by atoms with Crippen LogP contribution in [0.15, 0.2) is 62.5 Å². The van der Waals surface area contributed by atoms with Gasteiger partial charge in [0.05, 0.1) is 23.8 Å². The van der Waals surface area contributed by atoms with Gasteiger partial charge in [0.1, 0.15) is 22.3 Å². The topological polar surface area (TPSA) is 107 Å². The van der Waals surface area contributed by atoms with Gasteiger partial charge in [-0.3, -0.25) is 14.9 Å². The monoisotopic (exact) mass is 477 g/mol. The molecule has 0 unspecified atom stereocenters. The minimum atomic E-state index is -0.567. The van der Waals surface area contributed by atoms with Crippen molar-refractivity contribution in [2.45, 2.75) is 0 Å². The third-order valence-electron chi connectivity index (χ3n) is 3.82. The van der Waals surface area contributed by atoms with Crippen molar-refractivity contribution >= 4 is 45.3 Å². The zero-order valence-corrected chi connectivity index (χ0v) is 17.2. The zero-order chi connectivity index (χ0) is 21.0. The molecule has 2 aromatic carbocycles. The van der Waals surface area contributed by atoms with Gasteiger partial charge in [-0.05, 0) is 42.5 Å². The molecule has 0 aliphatic heterocycles. The standard InChI is InChI=1S/C19H13BrClN3O5/c1-28-18-6-3-12(20)9-14(18)19(25)23-22-10-13-4-7-17(29-13)11-2-5-15(21)16(8-11)24(26)27/h2-10H,1H3,(H,23,25). The third kappa shape index (κ3) is 4.82. The van der Waals surface area contributed by atoms with Crippen LogP contribution in [0.1, 0.15) is 16.1 Å². The summed E-state index contributed by atoms with van der Waals surface area (Å²) in [5.74, 6) is 0.690. The van der Waals surface area contributed by atoms with Crippen molar-refractivity contribution in [3.63, 3.8) is 0 Å². The van der Waals surface area contributed by atoms with Gasteiger partial charge >= 0.3 is 0 Å². The molecule has 1 aromatic heterocycles. The Hall–Kier alpha value is -3.17. The van der Waals surface area contributed by atoms with E-state index in [-0.39, 0.29) is 10.7 Å². The van der Waals surface area contributed by atoms with Gasteiger partial charge in [-0.2, -0.15) is 5.10 Å². The summed E-state index contributed by atoms with van der Waals surface area (Å²) in [4.78, 5) is 22.7. The fourth-order valence-corrected chi connectivity index (χ4v) is 3.00. The van der Waals surface area contributed by atoms with Crippen LogP contribution in [-0.2, 0) is 0 Å². The maximum atomic E-state index is 12.3. The Balaban J connectivity index is 1.73. The number of hydrogen-bond donors (Lipinski definition) is 1. The number of halogens is 2. The molecule has 3 rings (SSSR count). The van der Waals surface area contributed by atoms with Crippen LogP contribution >= 0.6 is 27.5 Å². The van der Waals surface area contributed by atoms with Crippen molar-refractivity contribution < 1.29 is 18.9 Å². The molecular formula is C19H13BrClN3O5. The van der Waals surface area contributed by atoms with Crippen molar-refractivity contribution in [2.24, 2.45) is 5.10 Å². The zero-order valence-electron chi connectivity index (χ0n) is 14.9. The molecule has 148 valence electrons. The van der Waals surface area contributed by atoms with E-state index in [1.54, 1.807) is 36.4 Å². The molecule has 1 heterocycles. The summed E-state index contributed by atoms with van der Waals surface area (Å²) in [6.07, 6.45) is 1.32. The molecule has 0 atom stereocenters. The summed E-state index contributed by atoms with van der Waals surface area (Å²) in [5.41, 5.74) is 2.98. The number of carbonyl (C=O) groups is 1. The lowest BCUT2D eigenvalue weighted by Gasteiger charge is -2.07. The highest BCUT2D eigenvalue weighted by molar-refractivity contribution is 9.10. The Labute approximate surface area is 178 Å². The summed E-state index contributed by atoms with van der Waals surface area (Å²) >= 11 is 9.12. The number of nitro benzene ring substituents is 1. The van der Waals surface area contributed by atoms with E-state index in [0.717, 1.165) is 4.47 Å². The van der Waals surface area contributed by atoms with Gasteiger partial charge in [0.25, 0.3) is 11.6 Å². The van der Waals surface area contributed by atoms with E-state index in [1.807, 2.05) is 0 Å². The summed E-state index contributed by atoms with van der Waals surface area (Å²) in [7, 11) is 1.47. The van der Waals surface area contributed by atoms with E-state index >= 15 is 0 Å². The predicted octanol–water partition coefficient (Wildman–Crippen LogP) is 5.04. The van der Waals surface area contributed by atoms with E-state index < -0.39 is 10.8 Å². The molecule has 1 N–H and O–H groups in total. The predicted molar refractivity (Wildman–Crippen MR) is 112 cm³/mol. The molecule has 1 amide bonds. The number of hydrogen-bond acceptors (Lipinski definition) is 6. The summed E-state index contributed by atoms with van der Waals surface area (Å²) in [5, 5.41) is 14.9. The van der Waals surface area contributed by atoms with Crippen molar-refractivity contribution in [1.29, 1.82) is 0 Å². The second-order valence-corrected chi connectivity index (χ2v) is 6.99. The maximum Gasteiger partial charge on any atom is 0.288 e. The molecule has 0 bridgehead atoms. The van der Waals surface area contributed by atoms with Crippen LogP contribution in [0.25, 0.3) is 11.3 Å². The van der Waals surface area contributed by atoms with Crippen LogP contribution in [0.5, 0.6) is 5.75 Å². The minimum absolute atomic E-state index is 0.0396. The number of benzene rings is 2. The fourth-order valence-electron chi connectivity index (χ4n) is 2.46. The first kappa shape index (κ1) is 20.6. The number of ether oxygens (including phenoxy) is 1. The van der Waals surface area contributed by atoms with Gasteiger partial charge in [0.15, 0.2) is 0 Å². The average Bonchev–Trinajstić information content (AvgIpc) is 3.17. The highest BCUT2D eigenvalue weighted by Gasteiger charge is 2.15. The average molecular weight is 479 g/mol. The van der Waals surface area contributed by atoms with Crippen molar-refractivity contribution in [3.05, 3.63) is 79.5 Å². The number of carbonyl (C=O) groups excluding carboxylic acids is 1. The lowest BCUT2D eigenvalue weighted by Crippen LogP contribution is -2.18. The van der Waals surface area contributed by atoms with Crippen molar-refractivity contribution in [3.8, 4) is 17.1 Å². The number of nitro groups is 1. The molecule has 0 spiro atoms. The molecule has 0 aliphatic rings. The van der Waals surface area contributed by atoms with E-state index in [4.69, 9.17) is 20.8 Å². The Morgan fingerprint density at radius 2 is 2.07 bits per heavy atom. The normalized spacial score (nSPS) is 10.9. The number of hydrazone groups is 1. The van der Waals surface area contributed by atoms with Crippen LogP contribution in [-0.4, -0.2) is 24.2 Å². The Morgan fingerprint density at radius 3 is 2.79 bits per heavy atom. The van der Waals surface area contributed by atoms with Gasteiger partial charge < -0.3 is 9.15 Å². The number of rotatable bonds is 6. The minimum Gasteiger partial charge on any atom is -0.496 e. The molecule has 10 heteroatoms. The van der Waals surface area contributed by atoms with E-state index in [2.05, 4.69) is 26.5 Å². The van der Waals surface area contributed by atoms with Gasteiger partial charge in [-0.25, -0.2) is 5.43 Å². The molecule has 3 aromatic rings. The highest BCUT2D eigenvalue weighted by atomic mass is 79.9. The Bertz CT molecular complexity index is 1110. The number of nitrogens with one attached hydrogen (secondary N) is 1. The number of methoxy groups -OCH3 is 1. The molecule has 29 heavy (non-hydrogen) atoms. The molecular weight excluding hydrogens is 466 g/mol. The van der Waals surface area contributed by atoms with Crippen LogP contribution < -0.4 is 10.2 Å². The van der Waals surface area contributed by atoms with Crippen LogP contribution in [0.2, 0.25) is 5.02 Å². The molecule has 0 saturated carbocycles. The quantitative estimate of drug-likeness (QED) is 0.303. The SMILES string of the molecule is COc1ccc(Br)cc1C(=O)NN=Cc1ccc(-c2ccc(Cl)c([N+](=O)[O-])c2)o1. The first-order chi connectivity index (χ1) is 13.9. The second kappa shape index (κ2) is 8.89. The van der Waals surface area contributed by atoms with Crippen LogP contribution in [0, 0.1) is 10.1 Å². The third-order valence-corrected chi connectivity index (χ3v) is 4.63. The lowest BCUT2D eigenvalue weighted by molar-refractivity contribution is -0.384. The summed E-state index contributed by atoms with van der Waals surface area (Å²) in [6.45, 7) is 0. The first-order valence-corrected chi connectivity index (χ1v) is 9.27. The van der Waals surface area contributed by atoms with Gasteiger partial charge in [0.2, 0.25) is 0 Å². The highest BCUT2D eigenvalue weighted by Crippen LogP contribution is 2.31. The fraction of sp³-hybridized carbons (Fsp3) is 0.0526. The molecule has 0 fully saturated rings. The van der Waals surface area contributed by atoms with E-state index in [9.17, 15) is 14.9 Å². The lowest BCUT2D eigenvalue weighted by atomic mass is 10.1. The second-order valence-electron chi connectivity index (χ2n) is 5.67. The first-order valence-electron chi connectivity index (χ1n) is 8.10. The number of amides is 1. The van der Waals surface area contributed by atoms with Gasteiger partial charge in [-0.1, -0.05) is 27.5 Å². The molecule has 0 radical (unpaired) electrons. The summed E-state index contributed by atoms with van der Waals surface area (Å²) in [6, 6.07) is 12.6. The number of nitrogens with zero attached hydrogens (tertiary/aromatic N) is 2. The molecule has 8 nitrogen and oxygen atoms in total.